The number of rotatable bonds is 5. The van der Waals surface area contributed by atoms with E-state index in [4.69, 9.17) is 0 Å². The minimum atomic E-state index is -0.187. The molecule has 1 aromatic carbocycles. The van der Waals surface area contributed by atoms with E-state index in [9.17, 15) is 9.90 Å². The monoisotopic (exact) mass is 308 g/mol. The van der Waals surface area contributed by atoms with Crippen LogP contribution in [0.4, 0.5) is 4.79 Å². The molecule has 2 amide bonds. The highest BCUT2D eigenvalue weighted by Crippen LogP contribution is 2.22. The molecule has 1 aliphatic carbocycles. The second-order valence-electron chi connectivity index (χ2n) is 5.60. The van der Waals surface area contributed by atoms with Gasteiger partial charge < -0.3 is 15.7 Å². The van der Waals surface area contributed by atoms with Crippen LogP contribution in [0.25, 0.3) is 0 Å². The highest BCUT2D eigenvalue weighted by Gasteiger charge is 2.20. The van der Waals surface area contributed by atoms with Gasteiger partial charge in [0.25, 0.3) is 0 Å². The maximum absolute atomic E-state index is 11.9. The van der Waals surface area contributed by atoms with Gasteiger partial charge in [-0.15, -0.1) is 11.8 Å². The molecular weight excluding hydrogens is 284 g/mol. The molecule has 21 heavy (non-hydrogen) atoms. The Hall–Kier alpha value is -1.20. The van der Waals surface area contributed by atoms with Gasteiger partial charge in [0.2, 0.25) is 0 Å². The van der Waals surface area contributed by atoms with E-state index < -0.39 is 0 Å². The first kappa shape index (κ1) is 16.2. The first-order chi connectivity index (χ1) is 10.1. The van der Waals surface area contributed by atoms with Crippen molar-refractivity contribution in [2.75, 3.05) is 6.54 Å². The van der Waals surface area contributed by atoms with Crippen LogP contribution in [0.2, 0.25) is 0 Å². The molecular formula is C16H24N2O2S. The van der Waals surface area contributed by atoms with Crippen molar-refractivity contribution in [2.24, 2.45) is 0 Å². The van der Waals surface area contributed by atoms with Gasteiger partial charge in [-0.05, 0) is 37.8 Å². The number of hydrogen-bond acceptors (Lipinski definition) is 3. The SMILES string of the molecule is C[C@H](CNC(=O)NC1CCC(O)CC1)Sc1ccccc1. The molecule has 2 rings (SSSR count). The van der Waals surface area contributed by atoms with E-state index in [0.29, 0.717) is 11.8 Å². The topological polar surface area (TPSA) is 61.4 Å². The Morgan fingerprint density at radius 3 is 2.62 bits per heavy atom. The van der Waals surface area contributed by atoms with E-state index in [0.717, 1.165) is 25.7 Å². The third-order valence-electron chi connectivity index (χ3n) is 3.66. The lowest BCUT2D eigenvalue weighted by molar-refractivity contribution is 0.117. The van der Waals surface area contributed by atoms with Crippen molar-refractivity contribution in [1.29, 1.82) is 0 Å². The Bertz CT molecular complexity index is 433. The van der Waals surface area contributed by atoms with Crippen LogP contribution in [0.5, 0.6) is 0 Å². The molecule has 1 atom stereocenters. The van der Waals surface area contributed by atoms with Crippen LogP contribution in [-0.2, 0) is 0 Å². The second-order valence-corrected chi connectivity index (χ2v) is 7.11. The Balaban J connectivity index is 1.64. The normalized spacial score (nSPS) is 23.3. The molecule has 0 bridgehead atoms. The molecule has 1 saturated carbocycles. The lowest BCUT2D eigenvalue weighted by Gasteiger charge is -2.26. The Labute approximate surface area is 130 Å². The fraction of sp³-hybridized carbons (Fsp3) is 0.562. The summed E-state index contributed by atoms with van der Waals surface area (Å²) < 4.78 is 0. The predicted molar refractivity (Wildman–Crippen MR) is 86.6 cm³/mol. The molecule has 3 N–H and O–H groups in total. The van der Waals surface area contributed by atoms with Crippen LogP contribution in [0, 0.1) is 0 Å². The van der Waals surface area contributed by atoms with Crippen LogP contribution < -0.4 is 10.6 Å². The standard InChI is InChI=1S/C16H24N2O2S/c1-12(21-15-5-3-2-4-6-15)11-17-16(20)18-13-7-9-14(19)10-8-13/h2-6,12-14,19H,7-11H2,1H3,(H2,17,18,20)/t12-,13?,14?/m1/s1. The quantitative estimate of drug-likeness (QED) is 0.733. The van der Waals surface area contributed by atoms with E-state index in [1.165, 1.54) is 4.90 Å². The maximum atomic E-state index is 11.9. The van der Waals surface area contributed by atoms with Crippen LogP contribution >= 0.6 is 11.8 Å². The van der Waals surface area contributed by atoms with Gasteiger partial charge in [-0.25, -0.2) is 4.79 Å². The summed E-state index contributed by atoms with van der Waals surface area (Å²) in [4.78, 5) is 13.1. The molecule has 0 aromatic heterocycles. The number of hydrogen-bond donors (Lipinski definition) is 3. The fourth-order valence-corrected chi connectivity index (χ4v) is 3.41. The summed E-state index contributed by atoms with van der Waals surface area (Å²) in [5.41, 5.74) is 0. The Morgan fingerprint density at radius 1 is 1.29 bits per heavy atom. The Kier molecular flexibility index (Phi) is 6.39. The smallest absolute Gasteiger partial charge is 0.315 e. The number of nitrogens with one attached hydrogen (secondary N) is 2. The van der Waals surface area contributed by atoms with E-state index >= 15 is 0 Å². The predicted octanol–water partition coefficient (Wildman–Crippen LogP) is 2.77. The average molecular weight is 308 g/mol. The van der Waals surface area contributed by atoms with E-state index in [-0.39, 0.29) is 18.2 Å². The van der Waals surface area contributed by atoms with Gasteiger partial charge in [-0.1, -0.05) is 25.1 Å². The summed E-state index contributed by atoms with van der Waals surface area (Å²) in [6, 6.07) is 10.3. The van der Waals surface area contributed by atoms with Gasteiger partial charge in [0.05, 0.1) is 6.10 Å². The molecule has 1 aliphatic rings. The van der Waals surface area contributed by atoms with Gasteiger partial charge in [0.1, 0.15) is 0 Å². The molecule has 1 fully saturated rings. The zero-order valence-corrected chi connectivity index (χ0v) is 13.2. The number of amides is 2. The van der Waals surface area contributed by atoms with Crippen molar-refractivity contribution in [1.82, 2.24) is 10.6 Å². The molecule has 0 aliphatic heterocycles. The van der Waals surface area contributed by atoms with E-state index in [1.54, 1.807) is 11.8 Å². The molecule has 116 valence electrons. The zero-order valence-electron chi connectivity index (χ0n) is 12.4. The van der Waals surface area contributed by atoms with Gasteiger partial charge >= 0.3 is 6.03 Å². The number of aliphatic hydroxyl groups excluding tert-OH is 1. The van der Waals surface area contributed by atoms with Crippen molar-refractivity contribution in [2.45, 2.75) is 54.9 Å². The number of urea groups is 1. The highest BCUT2D eigenvalue weighted by atomic mass is 32.2. The number of aliphatic hydroxyl groups is 1. The first-order valence-corrected chi connectivity index (χ1v) is 8.45. The summed E-state index contributed by atoms with van der Waals surface area (Å²) >= 11 is 1.76. The molecule has 5 heteroatoms. The molecule has 0 radical (unpaired) electrons. The van der Waals surface area contributed by atoms with Crippen molar-refractivity contribution in [3.05, 3.63) is 30.3 Å². The Morgan fingerprint density at radius 2 is 1.95 bits per heavy atom. The van der Waals surface area contributed by atoms with Crippen molar-refractivity contribution >= 4 is 17.8 Å². The number of carbonyl (C=O) groups is 1. The minimum absolute atomic E-state index is 0.100. The van der Waals surface area contributed by atoms with Crippen molar-refractivity contribution in [3.8, 4) is 0 Å². The first-order valence-electron chi connectivity index (χ1n) is 7.57. The largest absolute Gasteiger partial charge is 0.393 e. The van der Waals surface area contributed by atoms with Gasteiger partial charge in [-0.3, -0.25) is 0 Å². The maximum Gasteiger partial charge on any atom is 0.315 e. The third-order valence-corrected chi connectivity index (χ3v) is 4.78. The summed E-state index contributed by atoms with van der Waals surface area (Å²) in [6.45, 7) is 2.75. The van der Waals surface area contributed by atoms with Crippen LogP contribution in [0.15, 0.2) is 35.2 Å². The highest BCUT2D eigenvalue weighted by molar-refractivity contribution is 8.00. The third kappa shape index (κ3) is 5.98. The average Bonchev–Trinajstić information content (AvgIpc) is 2.49. The van der Waals surface area contributed by atoms with E-state index in [2.05, 4.69) is 29.7 Å². The number of thioether (sulfide) groups is 1. The summed E-state index contributed by atoms with van der Waals surface area (Å²) in [6.07, 6.45) is 3.11. The van der Waals surface area contributed by atoms with E-state index in [1.807, 2.05) is 18.2 Å². The molecule has 4 nitrogen and oxygen atoms in total. The summed E-state index contributed by atoms with van der Waals surface area (Å²) in [5, 5.41) is 15.7. The van der Waals surface area contributed by atoms with Gasteiger partial charge in [0.15, 0.2) is 0 Å². The lowest BCUT2D eigenvalue weighted by atomic mass is 9.93. The minimum Gasteiger partial charge on any atom is -0.393 e. The zero-order chi connectivity index (χ0) is 15.1. The molecule has 0 saturated heterocycles. The molecule has 0 heterocycles. The van der Waals surface area contributed by atoms with Crippen molar-refractivity contribution < 1.29 is 9.90 Å². The summed E-state index contributed by atoms with van der Waals surface area (Å²) in [5.74, 6) is 0. The molecule has 0 spiro atoms. The van der Waals surface area contributed by atoms with Gasteiger partial charge in [0, 0.05) is 22.7 Å². The van der Waals surface area contributed by atoms with Gasteiger partial charge in [-0.2, -0.15) is 0 Å². The molecule has 0 unspecified atom stereocenters. The number of benzene rings is 1. The fourth-order valence-electron chi connectivity index (χ4n) is 2.47. The summed E-state index contributed by atoms with van der Waals surface area (Å²) in [7, 11) is 0. The van der Waals surface area contributed by atoms with Crippen LogP contribution in [0.1, 0.15) is 32.6 Å². The van der Waals surface area contributed by atoms with Crippen LogP contribution in [-0.4, -0.2) is 35.1 Å². The number of carbonyl (C=O) groups excluding carboxylic acids is 1. The van der Waals surface area contributed by atoms with Crippen molar-refractivity contribution in [3.63, 3.8) is 0 Å². The molecule has 1 aromatic rings. The van der Waals surface area contributed by atoms with Crippen LogP contribution in [0.3, 0.4) is 0 Å². The lowest BCUT2D eigenvalue weighted by Crippen LogP contribution is -2.45. The second kappa shape index (κ2) is 8.29.